The first-order valence-electron chi connectivity index (χ1n) is 11.3. The topological polar surface area (TPSA) is 87.1 Å². The number of likely N-dealkylation sites (tertiary alicyclic amines) is 1. The largest absolute Gasteiger partial charge is 0.492 e. The lowest BCUT2D eigenvalue weighted by atomic mass is 9.95. The molecule has 2 fully saturated rings. The maximum atomic E-state index is 13.0. The first-order chi connectivity index (χ1) is 15.2. The van der Waals surface area contributed by atoms with Crippen LogP contribution < -0.4 is 19.7 Å². The number of nitriles is 1. The van der Waals surface area contributed by atoms with Crippen molar-refractivity contribution < 1.29 is 19.0 Å². The number of nitrogens with zero attached hydrogens (tertiary/aromatic N) is 3. The van der Waals surface area contributed by atoms with Gasteiger partial charge in [0.1, 0.15) is 11.5 Å². The van der Waals surface area contributed by atoms with E-state index in [1.807, 2.05) is 26.0 Å². The Hall–Kier alpha value is -2.50. The molecular formula is C23H34N4O4. The SMILES string of the molecule is CCOc1cc(N2CCOCC2)c(OCC)cc1NC(=O)C1CCN(CCC#N)CC1. The zero-order valence-corrected chi connectivity index (χ0v) is 18.7. The van der Waals surface area contributed by atoms with Gasteiger partial charge in [-0.25, -0.2) is 0 Å². The van der Waals surface area contributed by atoms with Crippen LogP contribution in [0.15, 0.2) is 12.1 Å². The highest BCUT2D eigenvalue weighted by molar-refractivity contribution is 5.95. The van der Waals surface area contributed by atoms with E-state index in [1.165, 1.54) is 0 Å². The minimum Gasteiger partial charge on any atom is -0.492 e. The number of carbonyl (C=O) groups is 1. The highest BCUT2D eigenvalue weighted by atomic mass is 16.5. The molecule has 1 amide bonds. The van der Waals surface area contributed by atoms with Crippen LogP contribution in [0.3, 0.4) is 0 Å². The van der Waals surface area contributed by atoms with Gasteiger partial charge in [-0.05, 0) is 39.8 Å². The van der Waals surface area contributed by atoms with E-state index in [0.717, 1.165) is 57.0 Å². The second kappa shape index (κ2) is 11.8. The van der Waals surface area contributed by atoms with Crippen molar-refractivity contribution in [2.75, 3.05) is 69.4 Å². The second-order valence-corrected chi connectivity index (χ2v) is 7.79. The van der Waals surface area contributed by atoms with Gasteiger partial charge in [-0.15, -0.1) is 0 Å². The molecule has 8 heteroatoms. The van der Waals surface area contributed by atoms with Crippen LogP contribution in [0, 0.1) is 17.2 Å². The van der Waals surface area contributed by atoms with E-state index in [0.29, 0.717) is 44.3 Å². The Kier molecular flexibility index (Phi) is 8.80. The molecule has 0 spiro atoms. The minimum atomic E-state index is -0.0396. The molecule has 0 aromatic heterocycles. The fraction of sp³-hybridized carbons (Fsp3) is 0.652. The molecular weight excluding hydrogens is 396 g/mol. The minimum absolute atomic E-state index is 0.0162. The Morgan fingerprint density at radius 1 is 1.13 bits per heavy atom. The predicted octanol–water partition coefficient (Wildman–Crippen LogP) is 2.88. The molecule has 0 saturated carbocycles. The molecule has 8 nitrogen and oxygen atoms in total. The maximum Gasteiger partial charge on any atom is 0.227 e. The molecule has 0 bridgehead atoms. The van der Waals surface area contributed by atoms with Crippen molar-refractivity contribution in [3.8, 4) is 17.6 Å². The average molecular weight is 431 g/mol. The lowest BCUT2D eigenvalue weighted by molar-refractivity contribution is -0.121. The number of morpholine rings is 1. The molecule has 2 aliphatic heterocycles. The normalized spacial score (nSPS) is 17.8. The number of ether oxygens (including phenoxy) is 3. The molecule has 1 N–H and O–H groups in total. The molecule has 0 atom stereocenters. The predicted molar refractivity (Wildman–Crippen MR) is 120 cm³/mol. The van der Waals surface area contributed by atoms with Crippen LogP contribution in [0.2, 0.25) is 0 Å². The van der Waals surface area contributed by atoms with E-state index < -0.39 is 0 Å². The summed E-state index contributed by atoms with van der Waals surface area (Å²) in [6, 6.07) is 6.05. The number of anilines is 2. The standard InChI is InChI=1S/C23H34N4O4/c1-3-30-21-17-20(27-12-14-29-15-13-27)22(31-4-2)16-19(21)25-23(28)18-6-10-26(11-7-18)9-5-8-24/h16-18H,3-7,9-15H2,1-2H3,(H,25,28). The molecule has 170 valence electrons. The Labute approximate surface area is 185 Å². The molecule has 0 radical (unpaired) electrons. The number of hydrogen-bond donors (Lipinski definition) is 1. The first-order valence-corrected chi connectivity index (χ1v) is 11.3. The third-order valence-corrected chi connectivity index (χ3v) is 5.77. The monoisotopic (exact) mass is 430 g/mol. The van der Waals surface area contributed by atoms with Gasteiger partial charge in [0, 0.05) is 44.1 Å². The fourth-order valence-corrected chi connectivity index (χ4v) is 4.11. The number of rotatable bonds is 9. The van der Waals surface area contributed by atoms with Crippen molar-refractivity contribution in [2.24, 2.45) is 5.92 Å². The number of hydrogen-bond acceptors (Lipinski definition) is 7. The summed E-state index contributed by atoms with van der Waals surface area (Å²) in [5.74, 6) is 1.38. The van der Waals surface area contributed by atoms with Gasteiger partial charge in [0.25, 0.3) is 0 Å². The number of amides is 1. The van der Waals surface area contributed by atoms with E-state index in [-0.39, 0.29) is 11.8 Å². The van der Waals surface area contributed by atoms with E-state index in [2.05, 4.69) is 21.2 Å². The zero-order chi connectivity index (χ0) is 22.1. The summed E-state index contributed by atoms with van der Waals surface area (Å²) >= 11 is 0. The molecule has 1 aromatic carbocycles. The summed E-state index contributed by atoms with van der Waals surface area (Å²) in [7, 11) is 0. The van der Waals surface area contributed by atoms with Crippen molar-refractivity contribution in [2.45, 2.75) is 33.1 Å². The lowest BCUT2D eigenvalue weighted by Crippen LogP contribution is -2.38. The van der Waals surface area contributed by atoms with Crippen LogP contribution in [0.25, 0.3) is 0 Å². The lowest BCUT2D eigenvalue weighted by Gasteiger charge is -2.32. The van der Waals surface area contributed by atoms with Crippen molar-refractivity contribution in [3.63, 3.8) is 0 Å². The molecule has 3 rings (SSSR count). The van der Waals surface area contributed by atoms with Gasteiger partial charge < -0.3 is 29.3 Å². The smallest absolute Gasteiger partial charge is 0.227 e. The van der Waals surface area contributed by atoms with Crippen molar-refractivity contribution in [3.05, 3.63) is 12.1 Å². The summed E-state index contributed by atoms with van der Waals surface area (Å²) < 4.78 is 17.3. The Morgan fingerprint density at radius 3 is 2.45 bits per heavy atom. The maximum absolute atomic E-state index is 13.0. The highest BCUT2D eigenvalue weighted by Gasteiger charge is 2.26. The van der Waals surface area contributed by atoms with Crippen molar-refractivity contribution >= 4 is 17.3 Å². The van der Waals surface area contributed by atoms with Gasteiger partial charge in [0.15, 0.2) is 0 Å². The number of piperidine rings is 1. The first kappa shape index (κ1) is 23.2. The van der Waals surface area contributed by atoms with Crippen LogP contribution in [0.4, 0.5) is 11.4 Å². The number of nitrogens with one attached hydrogen (secondary N) is 1. The summed E-state index contributed by atoms with van der Waals surface area (Å²) in [5.41, 5.74) is 1.62. The van der Waals surface area contributed by atoms with E-state index >= 15 is 0 Å². The van der Waals surface area contributed by atoms with Crippen LogP contribution >= 0.6 is 0 Å². The van der Waals surface area contributed by atoms with Gasteiger partial charge in [-0.3, -0.25) is 4.79 Å². The van der Waals surface area contributed by atoms with Gasteiger partial charge in [0.05, 0.1) is 43.9 Å². The van der Waals surface area contributed by atoms with Gasteiger partial charge in [-0.1, -0.05) is 0 Å². The van der Waals surface area contributed by atoms with Gasteiger partial charge >= 0.3 is 0 Å². The molecule has 31 heavy (non-hydrogen) atoms. The molecule has 2 heterocycles. The van der Waals surface area contributed by atoms with E-state index in [1.54, 1.807) is 0 Å². The third-order valence-electron chi connectivity index (χ3n) is 5.77. The summed E-state index contributed by atoms with van der Waals surface area (Å²) in [6.07, 6.45) is 2.13. The van der Waals surface area contributed by atoms with Gasteiger partial charge in [0.2, 0.25) is 5.91 Å². The summed E-state index contributed by atoms with van der Waals surface area (Å²) in [4.78, 5) is 17.5. The Morgan fingerprint density at radius 2 is 1.81 bits per heavy atom. The molecule has 2 aliphatic rings. The van der Waals surface area contributed by atoms with Crippen LogP contribution in [-0.2, 0) is 9.53 Å². The third kappa shape index (κ3) is 6.25. The molecule has 2 saturated heterocycles. The summed E-state index contributed by atoms with van der Waals surface area (Å²) in [6.45, 7) is 10.4. The molecule has 0 unspecified atom stereocenters. The van der Waals surface area contributed by atoms with E-state index in [9.17, 15) is 4.79 Å². The average Bonchev–Trinajstić information content (AvgIpc) is 2.80. The second-order valence-electron chi connectivity index (χ2n) is 7.79. The van der Waals surface area contributed by atoms with Crippen molar-refractivity contribution in [1.82, 2.24) is 4.90 Å². The van der Waals surface area contributed by atoms with Crippen LogP contribution in [0.5, 0.6) is 11.5 Å². The number of benzene rings is 1. The quantitative estimate of drug-likeness (QED) is 0.645. The number of carbonyl (C=O) groups excluding carboxylic acids is 1. The van der Waals surface area contributed by atoms with Crippen LogP contribution in [0.1, 0.15) is 33.1 Å². The highest BCUT2D eigenvalue weighted by Crippen LogP contribution is 2.39. The van der Waals surface area contributed by atoms with E-state index in [4.69, 9.17) is 19.5 Å². The van der Waals surface area contributed by atoms with Gasteiger partial charge in [-0.2, -0.15) is 5.26 Å². The Balaban J connectivity index is 1.74. The molecule has 0 aliphatic carbocycles. The zero-order valence-electron chi connectivity index (χ0n) is 18.7. The summed E-state index contributed by atoms with van der Waals surface area (Å²) in [5, 5.41) is 11.9. The fourth-order valence-electron chi connectivity index (χ4n) is 4.11. The molecule has 1 aromatic rings. The van der Waals surface area contributed by atoms with Crippen LogP contribution in [-0.4, -0.2) is 70.0 Å². The Bertz CT molecular complexity index is 766. The van der Waals surface area contributed by atoms with Crippen molar-refractivity contribution in [1.29, 1.82) is 5.26 Å².